The number of nitrogens with one attached hydrogen (secondary N) is 2. The first-order valence-corrected chi connectivity index (χ1v) is 16.9. The zero-order valence-electron chi connectivity index (χ0n) is 27.6. The fourth-order valence-corrected chi connectivity index (χ4v) is 6.83. The summed E-state index contributed by atoms with van der Waals surface area (Å²) in [5, 5.41) is 14.4. The van der Waals surface area contributed by atoms with Crippen molar-refractivity contribution in [2.75, 3.05) is 0 Å². The molecule has 0 unspecified atom stereocenters. The molecule has 8 aromatic rings. The molecule has 0 saturated heterocycles. The summed E-state index contributed by atoms with van der Waals surface area (Å²) in [7, 11) is 0. The van der Waals surface area contributed by atoms with Crippen LogP contribution in [0.15, 0.2) is 179 Å². The Balaban J connectivity index is 1.06. The number of aromatic nitrogens is 6. The molecule has 0 aliphatic carbocycles. The van der Waals surface area contributed by atoms with Crippen LogP contribution >= 0.6 is 0 Å². The molecule has 0 atom stereocenters. The summed E-state index contributed by atoms with van der Waals surface area (Å²) < 4.78 is 3.31. The molecule has 6 aromatic carbocycles. The molecule has 0 amide bonds. The zero-order chi connectivity index (χ0) is 34.6. The highest BCUT2D eigenvalue weighted by Gasteiger charge is 2.26. The summed E-state index contributed by atoms with van der Waals surface area (Å²) in [6.45, 7) is 0. The Labute approximate surface area is 294 Å². The van der Waals surface area contributed by atoms with E-state index in [9.17, 15) is 9.59 Å². The van der Waals surface area contributed by atoms with Crippen LogP contribution in [0.1, 0.15) is 56.9 Å². The van der Waals surface area contributed by atoms with Crippen LogP contribution in [0.25, 0.3) is 11.4 Å². The molecule has 0 spiro atoms. The minimum atomic E-state index is -0.291. The Hall–Kier alpha value is -6.80. The van der Waals surface area contributed by atoms with Crippen molar-refractivity contribution < 1.29 is 0 Å². The van der Waals surface area contributed by atoms with Gasteiger partial charge in [0.05, 0.1) is 23.2 Å². The highest BCUT2D eigenvalue weighted by Crippen LogP contribution is 2.32. The van der Waals surface area contributed by atoms with Crippen molar-refractivity contribution >= 4 is 0 Å². The predicted molar refractivity (Wildman–Crippen MR) is 199 cm³/mol. The van der Waals surface area contributed by atoms with Crippen LogP contribution < -0.4 is 11.4 Å². The van der Waals surface area contributed by atoms with Gasteiger partial charge < -0.3 is 0 Å². The lowest BCUT2D eigenvalue weighted by molar-refractivity contribution is 0.809. The van der Waals surface area contributed by atoms with Gasteiger partial charge in [-0.2, -0.15) is 10.2 Å². The Morgan fingerprint density at radius 3 is 1.00 bits per heavy atom. The average molecular weight is 667 g/mol. The highest BCUT2D eigenvalue weighted by atomic mass is 16.2. The molecule has 2 aromatic heterocycles. The summed E-state index contributed by atoms with van der Waals surface area (Å²) in [5.41, 5.74) is 7.24. The molecule has 248 valence electrons. The van der Waals surface area contributed by atoms with Gasteiger partial charge in [0.15, 0.2) is 0 Å². The second-order valence-electron chi connectivity index (χ2n) is 12.5. The van der Waals surface area contributed by atoms with Crippen molar-refractivity contribution in [3.05, 3.63) is 236 Å². The van der Waals surface area contributed by atoms with E-state index in [1.54, 1.807) is 9.13 Å². The molecule has 8 nitrogen and oxygen atoms in total. The first-order chi connectivity index (χ1) is 25.1. The third-order valence-electron chi connectivity index (χ3n) is 9.24. The first-order valence-electron chi connectivity index (χ1n) is 16.9. The molecule has 0 fully saturated rings. The number of hydrogen-bond donors (Lipinski definition) is 2. The fourth-order valence-electron chi connectivity index (χ4n) is 6.83. The molecule has 8 heteroatoms. The number of H-pyrrole nitrogens is 2. The van der Waals surface area contributed by atoms with E-state index in [4.69, 9.17) is 0 Å². The Morgan fingerprint density at radius 2 is 0.706 bits per heavy atom. The third-order valence-corrected chi connectivity index (χ3v) is 9.24. The van der Waals surface area contributed by atoms with Crippen molar-refractivity contribution in [3.63, 3.8) is 0 Å². The molecular weight excluding hydrogens is 633 g/mol. The summed E-state index contributed by atoms with van der Waals surface area (Å²) >= 11 is 0. The van der Waals surface area contributed by atoms with Crippen molar-refractivity contribution in [2.24, 2.45) is 0 Å². The van der Waals surface area contributed by atoms with Crippen LogP contribution in [0, 0.1) is 0 Å². The van der Waals surface area contributed by atoms with E-state index in [0.717, 1.165) is 44.8 Å². The molecule has 2 heterocycles. The maximum absolute atomic E-state index is 13.2. The molecule has 0 saturated carbocycles. The van der Waals surface area contributed by atoms with Crippen molar-refractivity contribution in [2.45, 2.75) is 18.3 Å². The Morgan fingerprint density at radius 1 is 0.412 bits per heavy atom. The van der Waals surface area contributed by atoms with E-state index in [2.05, 4.69) is 68.9 Å². The van der Waals surface area contributed by atoms with Crippen molar-refractivity contribution in [1.29, 1.82) is 0 Å². The summed E-state index contributed by atoms with van der Waals surface area (Å²) in [6, 6.07) is 56.4. The molecular formula is C43H34N6O2. The average Bonchev–Trinajstić information content (AvgIpc) is 3.76. The van der Waals surface area contributed by atoms with E-state index in [1.807, 2.05) is 121 Å². The molecule has 0 aliphatic rings. The Kier molecular flexibility index (Phi) is 8.62. The van der Waals surface area contributed by atoms with E-state index < -0.39 is 0 Å². The first kappa shape index (κ1) is 31.5. The second kappa shape index (κ2) is 14.0. The lowest BCUT2D eigenvalue weighted by Gasteiger charge is -2.18. The lowest BCUT2D eigenvalue weighted by Crippen LogP contribution is -2.19. The number of aromatic amines is 2. The fraction of sp³-hybridized carbons (Fsp3) is 0.0698. The zero-order valence-corrected chi connectivity index (χ0v) is 27.6. The number of rotatable bonds is 10. The van der Waals surface area contributed by atoms with Gasteiger partial charge in [0.2, 0.25) is 0 Å². The maximum atomic E-state index is 13.2. The summed E-state index contributed by atoms with van der Waals surface area (Å²) in [5.74, 6) is 0.777. The SMILES string of the molecule is O=c1[nH]nc(C(c2ccccc2)c2ccccc2)n1-c1ccc(Cc2ccc(-n3c(C(c4ccccc4)c4ccccc4)n[nH]c3=O)cc2)cc1. The molecule has 51 heavy (non-hydrogen) atoms. The van der Waals surface area contributed by atoms with E-state index >= 15 is 0 Å². The monoisotopic (exact) mass is 666 g/mol. The molecule has 0 aliphatic heterocycles. The minimum absolute atomic E-state index is 0.233. The van der Waals surface area contributed by atoms with Crippen LogP contribution in [0.3, 0.4) is 0 Å². The van der Waals surface area contributed by atoms with Gasteiger partial charge in [-0.05, 0) is 64.1 Å². The van der Waals surface area contributed by atoms with Gasteiger partial charge in [0.1, 0.15) is 11.6 Å². The number of benzene rings is 6. The number of hydrogen-bond acceptors (Lipinski definition) is 4. The maximum Gasteiger partial charge on any atom is 0.347 e. The summed E-state index contributed by atoms with van der Waals surface area (Å²) in [4.78, 5) is 26.4. The van der Waals surface area contributed by atoms with Crippen molar-refractivity contribution in [3.8, 4) is 11.4 Å². The quantitative estimate of drug-likeness (QED) is 0.159. The summed E-state index contributed by atoms with van der Waals surface area (Å²) in [6.07, 6.45) is 0.675. The molecule has 0 bridgehead atoms. The minimum Gasteiger partial charge on any atom is -0.246 e. The molecule has 0 radical (unpaired) electrons. The normalized spacial score (nSPS) is 11.3. The van der Waals surface area contributed by atoms with Crippen LogP contribution in [0.4, 0.5) is 0 Å². The third kappa shape index (κ3) is 6.38. The predicted octanol–water partition coefficient (Wildman–Crippen LogP) is 7.39. The van der Waals surface area contributed by atoms with Gasteiger partial charge in [0, 0.05) is 0 Å². The number of nitrogens with zero attached hydrogens (tertiary/aromatic N) is 4. The largest absolute Gasteiger partial charge is 0.347 e. The van der Waals surface area contributed by atoms with Crippen LogP contribution in [0.2, 0.25) is 0 Å². The highest BCUT2D eigenvalue weighted by molar-refractivity contribution is 5.45. The van der Waals surface area contributed by atoms with Gasteiger partial charge in [-0.1, -0.05) is 146 Å². The van der Waals surface area contributed by atoms with Gasteiger partial charge in [-0.15, -0.1) is 0 Å². The van der Waals surface area contributed by atoms with E-state index in [-0.39, 0.29) is 23.2 Å². The van der Waals surface area contributed by atoms with E-state index in [0.29, 0.717) is 18.1 Å². The van der Waals surface area contributed by atoms with Gasteiger partial charge in [-0.25, -0.2) is 28.9 Å². The molecule has 2 N–H and O–H groups in total. The molecule has 8 rings (SSSR count). The van der Waals surface area contributed by atoms with E-state index in [1.165, 1.54) is 0 Å². The van der Waals surface area contributed by atoms with Gasteiger partial charge in [0.25, 0.3) is 0 Å². The Bertz CT molecular complexity index is 2210. The lowest BCUT2D eigenvalue weighted by atomic mass is 9.90. The smallest absolute Gasteiger partial charge is 0.246 e. The van der Waals surface area contributed by atoms with Gasteiger partial charge >= 0.3 is 11.4 Å². The van der Waals surface area contributed by atoms with Crippen LogP contribution in [0.5, 0.6) is 0 Å². The van der Waals surface area contributed by atoms with Gasteiger partial charge in [-0.3, -0.25) is 0 Å². The van der Waals surface area contributed by atoms with Crippen LogP contribution in [-0.2, 0) is 6.42 Å². The second-order valence-corrected chi connectivity index (χ2v) is 12.5. The topological polar surface area (TPSA) is 101 Å². The van der Waals surface area contributed by atoms with Crippen LogP contribution in [-0.4, -0.2) is 29.5 Å². The standard InChI is InChI=1S/C43H34N6O2/c50-42-46-44-40(38(32-13-5-1-6-14-32)33-15-7-2-8-16-33)48(42)36-25-21-30(22-26-36)29-31-23-27-37(28-24-31)49-41(45-47-43(49)51)39(34-17-9-3-10-18-34)35-19-11-4-12-20-35/h1-28,38-39H,29H2,(H,46,50)(H,47,51). The van der Waals surface area contributed by atoms with Crippen molar-refractivity contribution in [1.82, 2.24) is 29.5 Å².